The Morgan fingerprint density at radius 3 is 1.76 bits per heavy atom. The second kappa shape index (κ2) is 17.5. The molecule has 0 amide bonds. The highest BCUT2D eigenvalue weighted by Gasteiger charge is 2.53. The average Bonchev–Trinajstić information content (AvgIpc) is 3.04. The van der Waals surface area contributed by atoms with Crippen LogP contribution in [0.15, 0.2) is 0 Å². The molecule has 0 spiro atoms. The van der Waals surface area contributed by atoms with E-state index >= 15 is 0 Å². The summed E-state index contributed by atoms with van der Waals surface area (Å²) in [5.41, 5.74) is 0. The molecule has 0 aromatic rings. The molecule has 4 heterocycles. The van der Waals surface area contributed by atoms with Crippen molar-refractivity contribution in [2.24, 2.45) is 0 Å². The van der Waals surface area contributed by atoms with E-state index in [1.807, 2.05) is 0 Å². The van der Waals surface area contributed by atoms with Crippen LogP contribution in [0.2, 0.25) is 0 Å². The van der Waals surface area contributed by atoms with Crippen LogP contribution in [-0.2, 0) is 61.8 Å². The van der Waals surface area contributed by atoms with Crippen LogP contribution in [-0.4, -0.2) is 201 Å². The normalized spacial score (nSPS) is 45.4. The first-order valence-electron chi connectivity index (χ1n) is 15.6. The molecule has 50 heavy (non-hydrogen) atoms. The smallest absolute Gasteiger partial charge is 0.303 e. The topological polar surface area (TPSA) is 326 Å². The summed E-state index contributed by atoms with van der Waals surface area (Å²) in [6, 6.07) is 0. The molecule has 4 fully saturated rings. The lowest BCUT2D eigenvalue weighted by atomic mass is 9.98. The summed E-state index contributed by atoms with van der Waals surface area (Å²) in [5, 5.41) is 94.2. The number of rotatable bonds is 11. The molecule has 18 atom stereocenters. The van der Waals surface area contributed by atoms with Gasteiger partial charge >= 0.3 is 17.9 Å². The van der Waals surface area contributed by atoms with Gasteiger partial charge in [-0.1, -0.05) is 0 Å². The molecule has 0 aromatic carbocycles. The fourth-order valence-electron chi connectivity index (χ4n) is 5.63. The lowest BCUT2D eigenvalue weighted by Gasteiger charge is -2.46. The zero-order valence-corrected chi connectivity index (χ0v) is 27.1. The Labute approximate surface area is 283 Å². The standard InChI is InChI=1S/C28H44O22/c1-8(29)41-5-13-17(35)20(38)24(46-10(3)31)28(48-13)50-23-18(36)14(45-9(2)30)7-44-27(23)43-6-12-16(34)19(37)22(25(40)47-12)49-26-21(39)15(33)11(32)4-42-26/h11-28,32-40H,4-7H2,1-3H3. The van der Waals surface area contributed by atoms with Gasteiger partial charge in [-0.05, 0) is 0 Å². The quantitative estimate of drug-likeness (QED) is 0.0704. The molecule has 4 rings (SSSR count). The number of aliphatic hydroxyl groups is 9. The predicted molar refractivity (Wildman–Crippen MR) is 151 cm³/mol. The second-order valence-corrected chi connectivity index (χ2v) is 12.1. The fraction of sp³-hybridized carbons (Fsp3) is 0.893. The number of carbonyl (C=O) groups excluding carboxylic acids is 3. The summed E-state index contributed by atoms with van der Waals surface area (Å²) in [5.74, 6) is -2.48. The third-order valence-corrected chi connectivity index (χ3v) is 8.25. The number of aliphatic hydroxyl groups excluding tert-OH is 9. The van der Waals surface area contributed by atoms with Gasteiger partial charge in [0.15, 0.2) is 37.4 Å². The number of hydrogen-bond acceptors (Lipinski definition) is 22. The molecule has 0 bridgehead atoms. The molecule has 22 nitrogen and oxygen atoms in total. The van der Waals surface area contributed by atoms with Gasteiger partial charge in [-0.2, -0.15) is 0 Å². The largest absolute Gasteiger partial charge is 0.463 e. The SMILES string of the molecule is CC(=O)OCC1OC(OC2C(OCC3OC(O)C(OC4OCC(O)C(O)C4O)C(O)C3O)OCC(OC(C)=O)C2O)C(OC(C)=O)C(O)C1O. The van der Waals surface area contributed by atoms with E-state index in [2.05, 4.69) is 0 Å². The van der Waals surface area contributed by atoms with E-state index in [1.54, 1.807) is 0 Å². The molecule has 4 saturated heterocycles. The Balaban J connectivity index is 1.48. The zero-order chi connectivity index (χ0) is 37.0. The van der Waals surface area contributed by atoms with Crippen LogP contribution >= 0.6 is 0 Å². The Morgan fingerprint density at radius 2 is 1.14 bits per heavy atom. The molecular weight excluding hydrogens is 688 g/mol. The van der Waals surface area contributed by atoms with Crippen LogP contribution < -0.4 is 0 Å². The van der Waals surface area contributed by atoms with Gasteiger partial charge in [0.05, 0.1) is 19.8 Å². The molecule has 4 aliphatic heterocycles. The minimum atomic E-state index is -1.97. The summed E-state index contributed by atoms with van der Waals surface area (Å²) in [6.07, 6.45) is -30.4. The molecule has 0 aliphatic carbocycles. The fourth-order valence-corrected chi connectivity index (χ4v) is 5.63. The Kier molecular flexibility index (Phi) is 14.2. The summed E-state index contributed by atoms with van der Waals surface area (Å²) in [6.45, 7) is 0.982. The van der Waals surface area contributed by atoms with Gasteiger partial charge in [0, 0.05) is 20.8 Å². The Morgan fingerprint density at radius 1 is 0.560 bits per heavy atom. The number of esters is 3. The maximum Gasteiger partial charge on any atom is 0.303 e. The van der Waals surface area contributed by atoms with Crippen molar-refractivity contribution in [1.29, 1.82) is 0 Å². The van der Waals surface area contributed by atoms with Crippen molar-refractivity contribution in [1.82, 2.24) is 0 Å². The van der Waals surface area contributed by atoms with E-state index in [9.17, 15) is 60.3 Å². The molecule has 288 valence electrons. The first-order chi connectivity index (χ1) is 23.5. The predicted octanol–water partition coefficient (Wildman–Crippen LogP) is -6.76. The van der Waals surface area contributed by atoms with Crippen molar-refractivity contribution in [2.45, 2.75) is 131 Å². The molecule has 0 radical (unpaired) electrons. The lowest BCUT2D eigenvalue weighted by Crippen LogP contribution is -2.64. The third kappa shape index (κ3) is 9.60. The van der Waals surface area contributed by atoms with E-state index in [-0.39, 0.29) is 0 Å². The minimum Gasteiger partial charge on any atom is -0.463 e. The highest BCUT2D eigenvalue weighted by atomic mass is 16.8. The zero-order valence-electron chi connectivity index (χ0n) is 27.1. The number of ether oxygens (including phenoxy) is 10. The van der Waals surface area contributed by atoms with Crippen LogP contribution in [0.3, 0.4) is 0 Å². The first kappa shape index (κ1) is 40.5. The summed E-state index contributed by atoms with van der Waals surface area (Å²) in [4.78, 5) is 34.9. The lowest BCUT2D eigenvalue weighted by molar-refractivity contribution is -0.368. The van der Waals surface area contributed by atoms with Gasteiger partial charge in [0.2, 0.25) is 0 Å². The van der Waals surface area contributed by atoms with Crippen LogP contribution in [0.1, 0.15) is 20.8 Å². The maximum absolute atomic E-state index is 11.9. The minimum absolute atomic E-state index is 0.448. The van der Waals surface area contributed by atoms with E-state index in [1.165, 1.54) is 0 Å². The van der Waals surface area contributed by atoms with Gasteiger partial charge in [-0.3, -0.25) is 14.4 Å². The number of carbonyl (C=O) groups is 3. The molecule has 4 aliphatic rings. The van der Waals surface area contributed by atoms with Gasteiger partial charge in [0.1, 0.15) is 79.9 Å². The molecule has 18 unspecified atom stereocenters. The summed E-state index contributed by atoms with van der Waals surface area (Å²) in [7, 11) is 0. The molecule has 0 saturated carbocycles. The van der Waals surface area contributed by atoms with Crippen LogP contribution in [0, 0.1) is 0 Å². The van der Waals surface area contributed by atoms with Crippen molar-refractivity contribution < 1.29 is 108 Å². The van der Waals surface area contributed by atoms with Gasteiger partial charge in [-0.25, -0.2) is 0 Å². The molecule has 0 aromatic heterocycles. The van der Waals surface area contributed by atoms with E-state index in [0.717, 1.165) is 20.8 Å². The Hall–Kier alpha value is -2.23. The average molecular weight is 733 g/mol. The van der Waals surface area contributed by atoms with Crippen molar-refractivity contribution in [3.63, 3.8) is 0 Å². The molecule has 9 N–H and O–H groups in total. The van der Waals surface area contributed by atoms with E-state index in [4.69, 9.17) is 47.4 Å². The van der Waals surface area contributed by atoms with Crippen LogP contribution in [0.25, 0.3) is 0 Å². The highest BCUT2D eigenvalue weighted by Crippen LogP contribution is 2.32. The third-order valence-electron chi connectivity index (χ3n) is 8.25. The van der Waals surface area contributed by atoms with Crippen LogP contribution in [0.4, 0.5) is 0 Å². The van der Waals surface area contributed by atoms with Crippen LogP contribution in [0.5, 0.6) is 0 Å². The van der Waals surface area contributed by atoms with Crippen molar-refractivity contribution in [2.75, 3.05) is 26.4 Å². The summed E-state index contributed by atoms with van der Waals surface area (Å²) >= 11 is 0. The Bertz CT molecular complexity index is 1140. The molecule has 22 heteroatoms. The van der Waals surface area contributed by atoms with E-state index < -0.39 is 155 Å². The summed E-state index contributed by atoms with van der Waals surface area (Å²) < 4.78 is 53.8. The van der Waals surface area contributed by atoms with Crippen molar-refractivity contribution in [3.05, 3.63) is 0 Å². The first-order valence-corrected chi connectivity index (χ1v) is 15.6. The number of hydrogen-bond donors (Lipinski definition) is 9. The second-order valence-electron chi connectivity index (χ2n) is 12.1. The van der Waals surface area contributed by atoms with Crippen molar-refractivity contribution in [3.8, 4) is 0 Å². The molecular formula is C28H44O22. The van der Waals surface area contributed by atoms with Gasteiger partial charge in [0.25, 0.3) is 0 Å². The highest BCUT2D eigenvalue weighted by molar-refractivity contribution is 5.66. The van der Waals surface area contributed by atoms with Crippen molar-refractivity contribution >= 4 is 17.9 Å². The van der Waals surface area contributed by atoms with Gasteiger partial charge < -0.3 is 93.3 Å². The van der Waals surface area contributed by atoms with Gasteiger partial charge in [-0.15, -0.1) is 0 Å². The van der Waals surface area contributed by atoms with E-state index in [0.29, 0.717) is 0 Å². The monoisotopic (exact) mass is 732 g/mol. The maximum atomic E-state index is 11.9.